The molecule has 0 spiro atoms. The zero-order chi connectivity index (χ0) is 14.7. The van der Waals surface area contributed by atoms with Crippen molar-refractivity contribution in [2.45, 2.75) is 0 Å². The van der Waals surface area contributed by atoms with Gasteiger partial charge in [0.1, 0.15) is 12.4 Å². The number of carboxylic acids is 1. The molecule has 1 aromatic carbocycles. The molecule has 20 heavy (non-hydrogen) atoms. The molecule has 0 bridgehead atoms. The molecule has 1 aromatic rings. The molecule has 1 heterocycles. The summed E-state index contributed by atoms with van der Waals surface area (Å²) in [6.45, 7) is 0.508. The highest BCUT2D eigenvalue weighted by Crippen LogP contribution is 2.17. The Balaban J connectivity index is 2.12. The fourth-order valence-corrected chi connectivity index (χ4v) is 1.76. The van der Waals surface area contributed by atoms with Gasteiger partial charge >= 0.3 is 12.0 Å². The van der Waals surface area contributed by atoms with E-state index < -0.39 is 17.8 Å². The minimum absolute atomic E-state index is 0.119. The molecule has 0 radical (unpaired) electrons. The van der Waals surface area contributed by atoms with Gasteiger partial charge in [0.15, 0.2) is 0 Å². The normalized spacial score (nSPS) is 14.7. The number of benzene rings is 1. The number of amides is 3. The van der Waals surface area contributed by atoms with Gasteiger partial charge in [-0.25, -0.2) is 14.0 Å². The zero-order valence-corrected chi connectivity index (χ0v) is 10.4. The topological polar surface area (TPSA) is 98.7 Å². The van der Waals surface area contributed by atoms with E-state index >= 15 is 0 Å². The van der Waals surface area contributed by atoms with Gasteiger partial charge in [0.2, 0.25) is 5.91 Å². The molecule has 1 aliphatic rings. The quantitative estimate of drug-likeness (QED) is 0.734. The summed E-state index contributed by atoms with van der Waals surface area (Å²) in [6.07, 6.45) is 0. The van der Waals surface area contributed by atoms with Crippen LogP contribution < -0.4 is 10.6 Å². The van der Waals surface area contributed by atoms with E-state index in [-0.39, 0.29) is 23.7 Å². The van der Waals surface area contributed by atoms with Crippen molar-refractivity contribution < 1.29 is 23.9 Å². The SMILES string of the molecule is O=C1CN(C(=O)Nc2cc(C(=O)O)ccc2F)CCN1. The van der Waals surface area contributed by atoms with Crippen LogP contribution in [0.15, 0.2) is 18.2 Å². The molecule has 7 nitrogen and oxygen atoms in total. The number of carboxylic acid groups (broad SMARTS) is 1. The number of urea groups is 1. The Morgan fingerprint density at radius 3 is 2.80 bits per heavy atom. The maximum Gasteiger partial charge on any atom is 0.335 e. The van der Waals surface area contributed by atoms with Crippen LogP contribution in [0, 0.1) is 5.82 Å². The van der Waals surface area contributed by atoms with Gasteiger partial charge in [-0.05, 0) is 18.2 Å². The molecule has 1 saturated heterocycles. The largest absolute Gasteiger partial charge is 0.478 e. The Morgan fingerprint density at radius 1 is 1.40 bits per heavy atom. The van der Waals surface area contributed by atoms with E-state index in [0.717, 1.165) is 18.2 Å². The first-order valence-corrected chi connectivity index (χ1v) is 5.83. The number of rotatable bonds is 2. The van der Waals surface area contributed by atoms with Crippen LogP contribution in [0.25, 0.3) is 0 Å². The molecule has 0 atom stereocenters. The summed E-state index contributed by atoms with van der Waals surface area (Å²) >= 11 is 0. The molecule has 0 saturated carbocycles. The average molecular weight is 281 g/mol. The van der Waals surface area contributed by atoms with Crippen LogP contribution in [0.5, 0.6) is 0 Å². The molecule has 0 unspecified atom stereocenters. The molecule has 2 rings (SSSR count). The smallest absolute Gasteiger partial charge is 0.335 e. The predicted molar refractivity (Wildman–Crippen MR) is 67.0 cm³/mol. The number of aromatic carboxylic acids is 1. The van der Waals surface area contributed by atoms with Crippen LogP contribution in [-0.2, 0) is 4.79 Å². The van der Waals surface area contributed by atoms with E-state index in [9.17, 15) is 18.8 Å². The van der Waals surface area contributed by atoms with Crippen molar-refractivity contribution in [1.82, 2.24) is 10.2 Å². The van der Waals surface area contributed by atoms with Crippen LogP contribution in [-0.4, -0.2) is 47.5 Å². The fraction of sp³-hybridized carbons (Fsp3) is 0.250. The monoisotopic (exact) mass is 281 g/mol. The first-order valence-electron chi connectivity index (χ1n) is 5.83. The van der Waals surface area contributed by atoms with Crippen molar-refractivity contribution in [3.8, 4) is 0 Å². The lowest BCUT2D eigenvalue weighted by Gasteiger charge is -2.26. The lowest BCUT2D eigenvalue weighted by Crippen LogP contribution is -2.51. The Morgan fingerprint density at radius 2 is 2.15 bits per heavy atom. The van der Waals surface area contributed by atoms with Crippen molar-refractivity contribution in [3.63, 3.8) is 0 Å². The van der Waals surface area contributed by atoms with Gasteiger partial charge in [-0.15, -0.1) is 0 Å². The van der Waals surface area contributed by atoms with E-state index in [0.29, 0.717) is 13.1 Å². The van der Waals surface area contributed by atoms with Crippen molar-refractivity contribution in [3.05, 3.63) is 29.6 Å². The molecular weight excluding hydrogens is 269 g/mol. The van der Waals surface area contributed by atoms with Gasteiger partial charge in [0, 0.05) is 13.1 Å². The van der Waals surface area contributed by atoms with Crippen LogP contribution in [0.1, 0.15) is 10.4 Å². The molecule has 8 heteroatoms. The first-order chi connectivity index (χ1) is 9.47. The fourth-order valence-electron chi connectivity index (χ4n) is 1.76. The summed E-state index contributed by atoms with van der Waals surface area (Å²) in [5, 5.41) is 13.6. The van der Waals surface area contributed by atoms with Gasteiger partial charge in [-0.3, -0.25) is 4.79 Å². The summed E-state index contributed by atoms with van der Waals surface area (Å²) in [6, 6.07) is 2.43. The molecule has 1 fully saturated rings. The third kappa shape index (κ3) is 3.02. The van der Waals surface area contributed by atoms with E-state index in [4.69, 9.17) is 5.11 Å². The molecule has 0 aromatic heterocycles. The summed E-state index contributed by atoms with van der Waals surface area (Å²) in [4.78, 5) is 35.0. The first kappa shape index (κ1) is 13.8. The minimum Gasteiger partial charge on any atom is -0.478 e. The number of anilines is 1. The highest BCUT2D eigenvalue weighted by Gasteiger charge is 2.22. The van der Waals surface area contributed by atoms with Crippen molar-refractivity contribution in [2.75, 3.05) is 25.0 Å². The molecule has 3 amide bonds. The minimum atomic E-state index is -1.22. The van der Waals surface area contributed by atoms with Gasteiger partial charge in [-0.2, -0.15) is 0 Å². The number of carbonyl (C=O) groups excluding carboxylic acids is 2. The van der Waals surface area contributed by atoms with E-state index in [1.54, 1.807) is 0 Å². The van der Waals surface area contributed by atoms with Gasteiger partial charge in [-0.1, -0.05) is 0 Å². The number of nitrogens with zero attached hydrogens (tertiary/aromatic N) is 1. The van der Waals surface area contributed by atoms with Crippen molar-refractivity contribution in [1.29, 1.82) is 0 Å². The number of hydrogen-bond donors (Lipinski definition) is 3. The molecule has 1 aliphatic heterocycles. The molecular formula is C12H12FN3O4. The third-order valence-electron chi connectivity index (χ3n) is 2.78. The Bertz CT molecular complexity index is 576. The summed E-state index contributed by atoms with van der Waals surface area (Å²) in [7, 11) is 0. The van der Waals surface area contributed by atoms with Crippen LogP contribution >= 0.6 is 0 Å². The Hall–Kier alpha value is -2.64. The van der Waals surface area contributed by atoms with Crippen LogP contribution in [0.3, 0.4) is 0 Å². The number of hydrogen-bond acceptors (Lipinski definition) is 3. The van der Waals surface area contributed by atoms with Crippen LogP contribution in [0.2, 0.25) is 0 Å². The highest BCUT2D eigenvalue weighted by molar-refractivity contribution is 5.95. The van der Waals surface area contributed by atoms with E-state index in [1.807, 2.05) is 0 Å². The predicted octanol–water partition coefficient (Wildman–Crippen LogP) is 0.488. The maximum atomic E-state index is 13.5. The average Bonchev–Trinajstić information content (AvgIpc) is 2.41. The highest BCUT2D eigenvalue weighted by atomic mass is 19.1. The second-order valence-corrected chi connectivity index (χ2v) is 4.20. The van der Waals surface area contributed by atoms with Crippen molar-refractivity contribution in [2.24, 2.45) is 0 Å². The lowest BCUT2D eigenvalue weighted by molar-refractivity contribution is -0.123. The summed E-state index contributed by atoms with van der Waals surface area (Å²) in [5.41, 5.74) is -0.376. The number of piperazine rings is 1. The van der Waals surface area contributed by atoms with Crippen molar-refractivity contribution >= 4 is 23.6 Å². The van der Waals surface area contributed by atoms with E-state index in [1.165, 1.54) is 4.90 Å². The number of carbonyl (C=O) groups is 3. The van der Waals surface area contributed by atoms with Gasteiger partial charge in [0.25, 0.3) is 0 Å². The number of nitrogens with one attached hydrogen (secondary N) is 2. The lowest BCUT2D eigenvalue weighted by atomic mass is 10.2. The second-order valence-electron chi connectivity index (χ2n) is 4.20. The number of halogens is 1. The van der Waals surface area contributed by atoms with E-state index in [2.05, 4.69) is 10.6 Å². The molecule has 106 valence electrons. The van der Waals surface area contributed by atoms with Gasteiger partial charge in [0.05, 0.1) is 11.3 Å². The standard InChI is InChI=1S/C12H12FN3O4/c13-8-2-1-7(11(18)19)5-9(8)15-12(20)16-4-3-14-10(17)6-16/h1-2,5H,3-4,6H2,(H,14,17)(H,15,20)(H,18,19). The summed E-state index contributed by atoms with van der Waals surface area (Å²) < 4.78 is 13.5. The third-order valence-corrected chi connectivity index (χ3v) is 2.78. The van der Waals surface area contributed by atoms with Gasteiger partial charge < -0.3 is 20.6 Å². The maximum absolute atomic E-state index is 13.5. The Labute approximate surface area is 113 Å². The molecule has 0 aliphatic carbocycles. The second kappa shape index (κ2) is 5.55. The zero-order valence-electron chi connectivity index (χ0n) is 10.4. The summed E-state index contributed by atoms with van der Waals surface area (Å²) in [5.74, 6) is -2.27. The van der Waals surface area contributed by atoms with Crippen LogP contribution in [0.4, 0.5) is 14.9 Å². The Kier molecular flexibility index (Phi) is 3.83. The molecule has 3 N–H and O–H groups in total.